The molecule has 0 aromatic carbocycles. The second-order valence-corrected chi connectivity index (χ2v) is 3.36. The van der Waals surface area contributed by atoms with Gasteiger partial charge in [0.25, 0.3) is 0 Å². The summed E-state index contributed by atoms with van der Waals surface area (Å²) in [6, 6.07) is 3.95. The molecule has 1 aromatic heterocycles. The number of ether oxygens (including phenoxy) is 1. The molecule has 0 aliphatic carbocycles. The molecule has 1 atom stereocenters. The van der Waals surface area contributed by atoms with Gasteiger partial charge in [-0.1, -0.05) is 0 Å². The van der Waals surface area contributed by atoms with Crippen LogP contribution in [0.1, 0.15) is 11.5 Å². The maximum atomic E-state index is 5.74. The number of nitrogens with two attached hydrogens (primary N) is 1. The molecule has 14 heavy (non-hydrogen) atoms. The maximum absolute atomic E-state index is 5.74. The van der Waals surface area contributed by atoms with Crippen molar-refractivity contribution in [2.45, 2.75) is 19.5 Å². The summed E-state index contributed by atoms with van der Waals surface area (Å²) in [4.78, 5) is 0. The quantitative estimate of drug-likeness (QED) is 0.704. The number of furan rings is 1. The highest BCUT2D eigenvalue weighted by Crippen LogP contribution is 2.04. The molecule has 1 aromatic rings. The minimum Gasteiger partial charge on any atom is -0.465 e. The third-order valence-corrected chi connectivity index (χ3v) is 1.88. The van der Waals surface area contributed by atoms with E-state index in [0.717, 1.165) is 18.1 Å². The third kappa shape index (κ3) is 3.91. The van der Waals surface area contributed by atoms with Crippen LogP contribution in [0.5, 0.6) is 0 Å². The molecule has 0 saturated heterocycles. The third-order valence-electron chi connectivity index (χ3n) is 1.88. The van der Waals surface area contributed by atoms with Crippen molar-refractivity contribution in [3.63, 3.8) is 0 Å². The van der Waals surface area contributed by atoms with Gasteiger partial charge in [-0.15, -0.1) is 0 Å². The molecule has 0 fully saturated rings. The Labute approximate surface area is 84.4 Å². The van der Waals surface area contributed by atoms with Gasteiger partial charge in [0.15, 0.2) is 0 Å². The Balaban J connectivity index is 2.15. The van der Waals surface area contributed by atoms with Gasteiger partial charge < -0.3 is 20.2 Å². The van der Waals surface area contributed by atoms with Crippen LogP contribution in [-0.2, 0) is 11.3 Å². The van der Waals surface area contributed by atoms with Gasteiger partial charge in [0, 0.05) is 19.7 Å². The summed E-state index contributed by atoms with van der Waals surface area (Å²) >= 11 is 0. The first kappa shape index (κ1) is 11.2. The molecule has 0 saturated carbocycles. The first-order valence-electron chi connectivity index (χ1n) is 4.73. The maximum Gasteiger partial charge on any atom is 0.117 e. The van der Waals surface area contributed by atoms with E-state index in [9.17, 15) is 0 Å². The molecule has 1 rings (SSSR count). The van der Waals surface area contributed by atoms with Crippen LogP contribution >= 0.6 is 0 Å². The van der Waals surface area contributed by atoms with Crippen molar-refractivity contribution < 1.29 is 9.15 Å². The molecular formula is C10H18N2O2. The van der Waals surface area contributed by atoms with Gasteiger partial charge in [-0.25, -0.2) is 0 Å². The van der Waals surface area contributed by atoms with Gasteiger partial charge in [-0.2, -0.15) is 0 Å². The Bertz CT molecular complexity index is 260. The van der Waals surface area contributed by atoms with E-state index in [1.54, 1.807) is 7.11 Å². The lowest BCUT2D eigenvalue weighted by Crippen LogP contribution is -2.36. The lowest BCUT2D eigenvalue weighted by Gasteiger charge is -2.10. The average Bonchev–Trinajstić information content (AvgIpc) is 2.52. The van der Waals surface area contributed by atoms with E-state index in [2.05, 4.69) is 5.32 Å². The van der Waals surface area contributed by atoms with E-state index < -0.39 is 0 Å². The van der Waals surface area contributed by atoms with E-state index in [1.165, 1.54) is 0 Å². The van der Waals surface area contributed by atoms with Crippen molar-refractivity contribution >= 4 is 0 Å². The number of hydrogen-bond donors (Lipinski definition) is 2. The molecular weight excluding hydrogens is 180 g/mol. The van der Waals surface area contributed by atoms with Crippen LogP contribution in [0.15, 0.2) is 16.5 Å². The van der Waals surface area contributed by atoms with Crippen molar-refractivity contribution in [2.75, 3.05) is 20.3 Å². The van der Waals surface area contributed by atoms with Crippen LogP contribution in [0.4, 0.5) is 0 Å². The van der Waals surface area contributed by atoms with Gasteiger partial charge in [0.05, 0.1) is 13.2 Å². The van der Waals surface area contributed by atoms with Crippen molar-refractivity contribution in [1.82, 2.24) is 5.32 Å². The molecule has 4 nitrogen and oxygen atoms in total. The first-order chi connectivity index (χ1) is 6.72. The molecule has 0 aliphatic rings. The monoisotopic (exact) mass is 198 g/mol. The highest BCUT2D eigenvalue weighted by molar-refractivity contribution is 5.05. The summed E-state index contributed by atoms with van der Waals surface area (Å²) < 4.78 is 10.3. The molecule has 4 heteroatoms. The summed E-state index contributed by atoms with van der Waals surface area (Å²) in [5, 5.41) is 3.20. The van der Waals surface area contributed by atoms with E-state index in [1.807, 2.05) is 19.1 Å². The van der Waals surface area contributed by atoms with Crippen molar-refractivity contribution in [1.29, 1.82) is 0 Å². The topological polar surface area (TPSA) is 60.4 Å². The largest absolute Gasteiger partial charge is 0.465 e. The fourth-order valence-electron chi connectivity index (χ4n) is 1.23. The smallest absolute Gasteiger partial charge is 0.117 e. The molecule has 1 unspecified atom stereocenters. The number of hydrogen-bond acceptors (Lipinski definition) is 4. The van der Waals surface area contributed by atoms with Gasteiger partial charge >= 0.3 is 0 Å². The van der Waals surface area contributed by atoms with Crippen LogP contribution in [0.2, 0.25) is 0 Å². The van der Waals surface area contributed by atoms with Crippen LogP contribution < -0.4 is 11.1 Å². The van der Waals surface area contributed by atoms with Crippen molar-refractivity contribution in [3.8, 4) is 0 Å². The summed E-state index contributed by atoms with van der Waals surface area (Å²) in [6.07, 6.45) is 0. The molecule has 1 heterocycles. The average molecular weight is 198 g/mol. The summed E-state index contributed by atoms with van der Waals surface area (Å²) in [7, 11) is 1.65. The van der Waals surface area contributed by atoms with E-state index in [4.69, 9.17) is 14.9 Å². The van der Waals surface area contributed by atoms with Gasteiger partial charge in [0.2, 0.25) is 0 Å². The SMILES string of the molecule is COCC(N)CNCc1ccc(C)o1. The van der Waals surface area contributed by atoms with E-state index >= 15 is 0 Å². The summed E-state index contributed by atoms with van der Waals surface area (Å²) in [6.45, 7) is 3.95. The zero-order valence-corrected chi connectivity index (χ0v) is 8.75. The highest BCUT2D eigenvalue weighted by atomic mass is 16.5. The molecule has 0 amide bonds. The first-order valence-corrected chi connectivity index (χ1v) is 4.73. The Morgan fingerprint density at radius 2 is 2.36 bits per heavy atom. The Hall–Kier alpha value is -0.840. The Kier molecular flexibility index (Phi) is 4.65. The van der Waals surface area contributed by atoms with Crippen molar-refractivity contribution in [2.24, 2.45) is 5.73 Å². The van der Waals surface area contributed by atoms with Crippen LogP contribution in [0, 0.1) is 6.92 Å². The lowest BCUT2D eigenvalue weighted by atomic mass is 10.3. The highest BCUT2D eigenvalue weighted by Gasteiger charge is 2.02. The number of aryl methyl sites for hydroxylation is 1. The Morgan fingerprint density at radius 3 is 2.93 bits per heavy atom. The standard InChI is InChI=1S/C10H18N2O2/c1-8-3-4-10(14-8)6-12-5-9(11)7-13-2/h3-4,9,12H,5-7,11H2,1-2H3. The van der Waals surface area contributed by atoms with Crippen LogP contribution in [-0.4, -0.2) is 26.3 Å². The minimum atomic E-state index is 0.0380. The Morgan fingerprint density at radius 1 is 1.57 bits per heavy atom. The molecule has 80 valence electrons. The normalized spacial score (nSPS) is 13.1. The van der Waals surface area contributed by atoms with E-state index in [-0.39, 0.29) is 6.04 Å². The summed E-state index contributed by atoms with van der Waals surface area (Å²) in [5.41, 5.74) is 5.74. The number of rotatable bonds is 6. The molecule has 3 N–H and O–H groups in total. The second kappa shape index (κ2) is 5.80. The zero-order valence-electron chi connectivity index (χ0n) is 8.75. The number of nitrogens with one attached hydrogen (secondary N) is 1. The zero-order chi connectivity index (χ0) is 10.4. The second-order valence-electron chi connectivity index (χ2n) is 3.36. The van der Waals surface area contributed by atoms with Gasteiger partial charge in [-0.3, -0.25) is 0 Å². The van der Waals surface area contributed by atoms with E-state index in [0.29, 0.717) is 13.2 Å². The minimum absolute atomic E-state index is 0.0380. The predicted octanol–water partition coefficient (Wildman–Crippen LogP) is 0.651. The lowest BCUT2D eigenvalue weighted by molar-refractivity contribution is 0.178. The molecule has 0 radical (unpaired) electrons. The van der Waals surface area contributed by atoms with Crippen LogP contribution in [0.3, 0.4) is 0 Å². The van der Waals surface area contributed by atoms with Crippen molar-refractivity contribution in [3.05, 3.63) is 23.7 Å². The van der Waals surface area contributed by atoms with Crippen LogP contribution in [0.25, 0.3) is 0 Å². The molecule has 0 spiro atoms. The fraction of sp³-hybridized carbons (Fsp3) is 0.600. The predicted molar refractivity (Wildman–Crippen MR) is 55.0 cm³/mol. The number of methoxy groups -OCH3 is 1. The van der Waals surface area contributed by atoms with Gasteiger partial charge in [0.1, 0.15) is 11.5 Å². The molecule has 0 bridgehead atoms. The molecule has 0 aliphatic heterocycles. The fourth-order valence-corrected chi connectivity index (χ4v) is 1.23. The van der Waals surface area contributed by atoms with Gasteiger partial charge in [-0.05, 0) is 19.1 Å². The summed E-state index contributed by atoms with van der Waals surface area (Å²) in [5.74, 6) is 1.87.